The van der Waals surface area contributed by atoms with Gasteiger partial charge >= 0.3 is 0 Å². The lowest BCUT2D eigenvalue weighted by Crippen LogP contribution is -2.47. The van der Waals surface area contributed by atoms with Gasteiger partial charge in [-0.1, -0.05) is 30.3 Å². The Hall–Kier alpha value is -2.38. The maximum absolute atomic E-state index is 6.01. The number of hydrogen-bond acceptors (Lipinski definition) is 4. The van der Waals surface area contributed by atoms with E-state index >= 15 is 0 Å². The lowest BCUT2D eigenvalue weighted by Gasteiger charge is -2.34. The van der Waals surface area contributed by atoms with Crippen LogP contribution < -0.4 is 5.32 Å². The van der Waals surface area contributed by atoms with Crippen molar-refractivity contribution in [3.63, 3.8) is 0 Å². The molecule has 0 spiro atoms. The maximum atomic E-state index is 6.01. The first-order valence-corrected chi connectivity index (χ1v) is 11.8. The molecule has 2 aromatic rings. The van der Waals surface area contributed by atoms with Gasteiger partial charge in [-0.15, -0.1) is 0 Å². The molecular formula is C25H39N5O2. The van der Waals surface area contributed by atoms with Crippen molar-refractivity contribution >= 4 is 5.96 Å². The van der Waals surface area contributed by atoms with Crippen molar-refractivity contribution in [2.75, 3.05) is 40.0 Å². The number of piperidine rings is 1. The average molecular weight is 442 g/mol. The van der Waals surface area contributed by atoms with Gasteiger partial charge in [0.25, 0.3) is 0 Å². The third kappa shape index (κ3) is 6.81. The lowest BCUT2D eigenvalue weighted by molar-refractivity contribution is 0.00990. The molecule has 1 fully saturated rings. The van der Waals surface area contributed by atoms with Crippen LogP contribution in [0.4, 0.5) is 0 Å². The maximum Gasteiger partial charge on any atom is 0.194 e. The predicted molar refractivity (Wildman–Crippen MR) is 129 cm³/mol. The number of aromatic nitrogens is 2. The van der Waals surface area contributed by atoms with E-state index in [0.29, 0.717) is 12.6 Å². The summed E-state index contributed by atoms with van der Waals surface area (Å²) in [6.45, 7) is 12.1. The Morgan fingerprint density at radius 1 is 1.16 bits per heavy atom. The fourth-order valence-corrected chi connectivity index (χ4v) is 4.14. The number of nitrogens with zero attached hydrogens (tertiary/aromatic N) is 4. The summed E-state index contributed by atoms with van der Waals surface area (Å²) in [6, 6.07) is 10.5. The molecule has 1 aromatic heterocycles. The molecule has 0 unspecified atom stereocenters. The Kier molecular flexibility index (Phi) is 9.56. The molecule has 0 radical (unpaired) electrons. The molecule has 1 N–H and O–H groups in total. The summed E-state index contributed by atoms with van der Waals surface area (Å²) in [7, 11) is 1.73. The Labute approximate surface area is 192 Å². The van der Waals surface area contributed by atoms with Crippen LogP contribution >= 0.6 is 0 Å². The van der Waals surface area contributed by atoms with E-state index in [4.69, 9.17) is 19.6 Å². The highest BCUT2D eigenvalue weighted by molar-refractivity contribution is 5.80. The van der Waals surface area contributed by atoms with Crippen LogP contribution in [0.2, 0.25) is 0 Å². The number of methoxy groups -OCH3 is 1. The fourth-order valence-electron chi connectivity index (χ4n) is 4.14. The second-order valence-corrected chi connectivity index (χ2v) is 8.37. The molecule has 0 amide bonds. The molecule has 32 heavy (non-hydrogen) atoms. The third-order valence-corrected chi connectivity index (χ3v) is 6.02. The summed E-state index contributed by atoms with van der Waals surface area (Å²) in [5, 5.41) is 8.26. The minimum absolute atomic E-state index is 0.340. The highest BCUT2D eigenvalue weighted by Crippen LogP contribution is 2.18. The van der Waals surface area contributed by atoms with E-state index in [-0.39, 0.29) is 0 Å². The largest absolute Gasteiger partial charge is 0.385 e. The first-order valence-electron chi connectivity index (χ1n) is 11.8. The first kappa shape index (κ1) is 24.3. The number of likely N-dealkylation sites (tertiary alicyclic amines) is 1. The third-order valence-electron chi connectivity index (χ3n) is 6.02. The van der Waals surface area contributed by atoms with Crippen LogP contribution in [-0.4, -0.2) is 66.7 Å². The van der Waals surface area contributed by atoms with Crippen molar-refractivity contribution in [2.24, 2.45) is 4.99 Å². The summed E-state index contributed by atoms with van der Waals surface area (Å²) < 4.78 is 13.2. The predicted octanol–water partition coefficient (Wildman–Crippen LogP) is 3.53. The van der Waals surface area contributed by atoms with Crippen molar-refractivity contribution in [1.82, 2.24) is 20.0 Å². The molecule has 1 aliphatic heterocycles. The average Bonchev–Trinajstić information content (AvgIpc) is 3.07. The van der Waals surface area contributed by atoms with E-state index in [2.05, 4.69) is 59.9 Å². The zero-order chi connectivity index (χ0) is 22.8. The van der Waals surface area contributed by atoms with E-state index in [1.807, 2.05) is 6.07 Å². The summed E-state index contributed by atoms with van der Waals surface area (Å²) in [5.74, 6) is 0.986. The van der Waals surface area contributed by atoms with Crippen LogP contribution in [0.15, 0.2) is 35.3 Å². The number of ether oxygens (including phenoxy) is 2. The summed E-state index contributed by atoms with van der Waals surface area (Å²) in [5.41, 5.74) is 4.72. The molecule has 3 rings (SSSR count). The lowest BCUT2D eigenvalue weighted by atomic mass is 10.1. The normalized spacial score (nSPS) is 15.4. The van der Waals surface area contributed by atoms with E-state index in [1.54, 1.807) is 7.11 Å². The molecule has 2 heterocycles. The Morgan fingerprint density at radius 2 is 1.91 bits per heavy atom. The molecule has 176 valence electrons. The molecule has 7 heteroatoms. The number of benzene rings is 1. The molecule has 1 aliphatic rings. The summed E-state index contributed by atoms with van der Waals surface area (Å²) in [4.78, 5) is 7.34. The van der Waals surface area contributed by atoms with Crippen molar-refractivity contribution < 1.29 is 9.47 Å². The zero-order valence-electron chi connectivity index (χ0n) is 20.1. The molecule has 7 nitrogen and oxygen atoms in total. The van der Waals surface area contributed by atoms with Gasteiger partial charge in [0.2, 0.25) is 0 Å². The molecule has 0 saturated carbocycles. The van der Waals surface area contributed by atoms with Gasteiger partial charge in [0.1, 0.15) is 0 Å². The molecule has 0 bridgehead atoms. The van der Waals surface area contributed by atoms with Crippen LogP contribution in [0.5, 0.6) is 0 Å². The topological polar surface area (TPSA) is 63.9 Å². The first-order chi connectivity index (χ1) is 15.6. The minimum Gasteiger partial charge on any atom is -0.385 e. The van der Waals surface area contributed by atoms with Crippen molar-refractivity contribution in [1.29, 1.82) is 0 Å². The van der Waals surface area contributed by atoms with Gasteiger partial charge in [-0.05, 0) is 45.6 Å². The Morgan fingerprint density at radius 3 is 2.59 bits per heavy atom. The Balaban J connectivity index is 1.59. The summed E-state index contributed by atoms with van der Waals surface area (Å²) in [6.07, 6.45) is 3.36. The number of guanidine groups is 1. The van der Waals surface area contributed by atoms with E-state index < -0.39 is 0 Å². The van der Waals surface area contributed by atoms with Gasteiger partial charge in [-0.3, -0.25) is 4.68 Å². The van der Waals surface area contributed by atoms with Crippen molar-refractivity contribution in [2.45, 2.75) is 59.2 Å². The minimum atomic E-state index is 0.340. The van der Waals surface area contributed by atoms with Gasteiger partial charge in [0.15, 0.2) is 5.96 Å². The van der Waals surface area contributed by atoms with Gasteiger partial charge < -0.3 is 19.7 Å². The highest BCUT2D eigenvalue weighted by Gasteiger charge is 2.22. The second-order valence-electron chi connectivity index (χ2n) is 8.37. The highest BCUT2D eigenvalue weighted by atomic mass is 16.5. The van der Waals surface area contributed by atoms with Crippen molar-refractivity contribution in [3.8, 4) is 0 Å². The van der Waals surface area contributed by atoms with Crippen LogP contribution in [0, 0.1) is 13.8 Å². The van der Waals surface area contributed by atoms with Gasteiger partial charge in [0, 0.05) is 51.2 Å². The molecule has 1 aromatic carbocycles. The van der Waals surface area contributed by atoms with E-state index in [0.717, 1.165) is 70.3 Å². The van der Waals surface area contributed by atoms with Gasteiger partial charge in [0.05, 0.1) is 24.9 Å². The van der Waals surface area contributed by atoms with Crippen LogP contribution in [0.1, 0.15) is 48.7 Å². The van der Waals surface area contributed by atoms with E-state index in [9.17, 15) is 0 Å². The number of hydrogen-bond donors (Lipinski definition) is 1. The zero-order valence-corrected chi connectivity index (χ0v) is 20.1. The van der Waals surface area contributed by atoms with Crippen LogP contribution in [0.25, 0.3) is 0 Å². The quantitative estimate of drug-likeness (QED) is 0.347. The van der Waals surface area contributed by atoms with Crippen LogP contribution in [-0.2, 0) is 22.6 Å². The standard InChI is InChI=1S/C25H39N5O2/c1-5-26-25(29-14-12-23(13-15-29)32-17-9-16-31-4)27-18-24-20(2)28-30(21(24)3)19-22-10-7-6-8-11-22/h6-8,10-11,23H,5,9,12-19H2,1-4H3,(H,26,27). The van der Waals surface area contributed by atoms with Gasteiger partial charge in [-0.2, -0.15) is 5.10 Å². The second kappa shape index (κ2) is 12.6. The number of nitrogens with one attached hydrogen (secondary N) is 1. The Bertz CT molecular complexity index is 842. The number of rotatable bonds is 10. The number of aliphatic imine (C=N–C) groups is 1. The molecule has 0 atom stereocenters. The number of aryl methyl sites for hydroxylation is 1. The van der Waals surface area contributed by atoms with Crippen LogP contribution in [0.3, 0.4) is 0 Å². The fraction of sp³-hybridized carbons (Fsp3) is 0.600. The smallest absolute Gasteiger partial charge is 0.194 e. The molecule has 1 saturated heterocycles. The molecular weight excluding hydrogens is 402 g/mol. The van der Waals surface area contributed by atoms with Crippen molar-refractivity contribution in [3.05, 3.63) is 52.8 Å². The molecule has 0 aliphatic carbocycles. The van der Waals surface area contributed by atoms with E-state index in [1.165, 1.54) is 16.8 Å². The monoisotopic (exact) mass is 441 g/mol. The SMILES string of the molecule is CCNC(=NCc1c(C)nn(Cc2ccccc2)c1C)N1CCC(OCCCOC)CC1. The summed E-state index contributed by atoms with van der Waals surface area (Å²) >= 11 is 0. The van der Waals surface area contributed by atoms with Gasteiger partial charge in [-0.25, -0.2) is 4.99 Å².